The number of aliphatic imine (C=N–C) groups is 1. The van der Waals surface area contributed by atoms with Gasteiger partial charge >= 0.3 is 0 Å². The molecule has 1 unspecified atom stereocenters. The number of aromatic nitrogens is 2. The number of nitrogens with zero attached hydrogens (tertiary/aromatic N) is 3. The van der Waals surface area contributed by atoms with Crippen LogP contribution in [0.2, 0.25) is 0 Å². The first-order valence-corrected chi connectivity index (χ1v) is 8.31. The lowest BCUT2D eigenvalue weighted by molar-refractivity contribution is 0.266. The van der Waals surface area contributed by atoms with Crippen molar-refractivity contribution in [3.8, 4) is 11.3 Å². The first kappa shape index (κ1) is 18.8. The van der Waals surface area contributed by atoms with E-state index in [1.165, 1.54) is 12.8 Å². The molecular weight excluding hydrogens is 413 g/mol. The maximum absolute atomic E-state index is 4.47. The van der Waals surface area contributed by atoms with Crippen molar-refractivity contribution in [3.63, 3.8) is 0 Å². The lowest BCUT2D eigenvalue weighted by Gasteiger charge is -2.33. The molecule has 0 saturated carbocycles. The predicted molar refractivity (Wildman–Crippen MR) is 110 cm³/mol. The highest BCUT2D eigenvalue weighted by molar-refractivity contribution is 14.0. The Morgan fingerprint density at radius 2 is 2.17 bits per heavy atom. The molecule has 1 aliphatic rings. The summed E-state index contributed by atoms with van der Waals surface area (Å²) in [5, 5.41) is 3.42. The third-order valence-corrected chi connectivity index (χ3v) is 4.30. The summed E-state index contributed by atoms with van der Waals surface area (Å²) < 4.78 is 0. The van der Waals surface area contributed by atoms with Crippen molar-refractivity contribution < 1.29 is 0 Å². The molecule has 0 aliphatic carbocycles. The van der Waals surface area contributed by atoms with Gasteiger partial charge in [0.15, 0.2) is 5.96 Å². The Balaban J connectivity index is 0.00000208. The van der Waals surface area contributed by atoms with Crippen molar-refractivity contribution in [2.45, 2.75) is 26.3 Å². The molecule has 6 heteroatoms. The third-order valence-electron chi connectivity index (χ3n) is 4.30. The molecule has 0 spiro atoms. The van der Waals surface area contributed by atoms with E-state index in [1.54, 1.807) is 0 Å². The number of benzene rings is 1. The van der Waals surface area contributed by atoms with E-state index in [0.29, 0.717) is 6.54 Å². The minimum absolute atomic E-state index is 0. The molecule has 130 valence electrons. The van der Waals surface area contributed by atoms with Gasteiger partial charge in [-0.3, -0.25) is 4.99 Å². The zero-order chi connectivity index (χ0) is 16.1. The van der Waals surface area contributed by atoms with Gasteiger partial charge in [-0.1, -0.05) is 37.3 Å². The molecule has 2 N–H and O–H groups in total. The third kappa shape index (κ3) is 4.72. The number of aromatic amines is 1. The Morgan fingerprint density at radius 3 is 2.88 bits per heavy atom. The first-order valence-electron chi connectivity index (χ1n) is 8.31. The highest BCUT2D eigenvalue weighted by atomic mass is 127. The molecule has 1 aliphatic heterocycles. The Hall–Kier alpha value is -1.57. The average molecular weight is 439 g/mol. The van der Waals surface area contributed by atoms with Crippen LogP contribution in [0, 0.1) is 5.92 Å². The molecule has 2 heterocycles. The van der Waals surface area contributed by atoms with E-state index >= 15 is 0 Å². The van der Waals surface area contributed by atoms with Crippen molar-refractivity contribution in [1.82, 2.24) is 20.2 Å². The normalized spacial score (nSPS) is 18.2. The maximum Gasteiger partial charge on any atom is 0.194 e. The minimum Gasteiger partial charge on any atom is -0.349 e. The van der Waals surface area contributed by atoms with Gasteiger partial charge < -0.3 is 15.2 Å². The number of guanidine groups is 1. The molecule has 5 nitrogen and oxygen atoms in total. The number of H-pyrrole nitrogens is 1. The Bertz CT molecular complexity index is 652. The van der Waals surface area contributed by atoms with E-state index in [-0.39, 0.29) is 24.0 Å². The second kappa shape index (κ2) is 9.05. The summed E-state index contributed by atoms with van der Waals surface area (Å²) in [6.45, 7) is 5.12. The molecule has 2 aromatic rings. The zero-order valence-corrected chi connectivity index (χ0v) is 16.7. The first-order chi connectivity index (χ1) is 11.3. The van der Waals surface area contributed by atoms with Gasteiger partial charge in [0.05, 0.1) is 18.4 Å². The average Bonchev–Trinajstić information content (AvgIpc) is 3.05. The number of nitrogens with one attached hydrogen (secondary N) is 2. The van der Waals surface area contributed by atoms with E-state index in [2.05, 4.69) is 44.2 Å². The number of hydrogen-bond acceptors (Lipinski definition) is 2. The molecule has 1 aromatic carbocycles. The van der Waals surface area contributed by atoms with E-state index in [1.807, 2.05) is 31.4 Å². The Kier molecular flexibility index (Phi) is 7.08. The van der Waals surface area contributed by atoms with Gasteiger partial charge in [-0.2, -0.15) is 0 Å². The van der Waals surface area contributed by atoms with Gasteiger partial charge in [-0.05, 0) is 24.3 Å². The highest BCUT2D eigenvalue weighted by Crippen LogP contribution is 2.17. The Labute approximate surface area is 161 Å². The summed E-state index contributed by atoms with van der Waals surface area (Å²) in [6, 6.07) is 10.3. The molecule has 3 rings (SSSR count). The molecule has 1 saturated heterocycles. The number of rotatable bonds is 3. The fraction of sp³-hybridized carbons (Fsp3) is 0.444. The summed E-state index contributed by atoms with van der Waals surface area (Å²) in [5.74, 6) is 2.62. The van der Waals surface area contributed by atoms with E-state index in [4.69, 9.17) is 0 Å². The van der Waals surface area contributed by atoms with Crippen LogP contribution in [-0.2, 0) is 6.54 Å². The fourth-order valence-corrected chi connectivity index (χ4v) is 3.09. The van der Waals surface area contributed by atoms with Gasteiger partial charge in [0.2, 0.25) is 0 Å². The van der Waals surface area contributed by atoms with Gasteiger partial charge in [-0.25, -0.2) is 4.98 Å². The van der Waals surface area contributed by atoms with Crippen molar-refractivity contribution in [3.05, 3.63) is 42.4 Å². The second-order valence-corrected chi connectivity index (χ2v) is 6.20. The van der Waals surface area contributed by atoms with Crippen LogP contribution in [-0.4, -0.2) is 41.0 Å². The van der Waals surface area contributed by atoms with Gasteiger partial charge in [-0.15, -0.1) is 24.0 Å². The van der Waals surface area contributed by atoms with Crippen molar-refractivity contribution >= 4 is 29.9 Å². The second-order valence-electron chi connectivity index (χ2n) is 6.20. The monoisotopic (exact) mass is 439 g/mol. The van der Waals surface area contributed by atoms with Crippen LogP contribution >= 0.6 is 24.0 Å². The standard InChI is InChI=1S/C18H25N5.HI/c1-14-7-6-10-23(13-14)18(19-2)21-12-17-20-11-16(22-17)15-8-4-3-5-9-15;/h3-5,8-9,11,14H,6-7,10,12-13H2,1-2H3,(H,19,21)(H,20,22);1H. The highest BCUT2D eigenvalue weighted by Gasteiger charge is 2.19. The summed E-state index contributed by atoms with van der Waals surface area (Å²) in [4.78, 5) is 14.6. The topological polar surface area (TPSA) is 56.3 Å². The lowest BCUT2D eigenvalue weighted by Crippen LogP contribution is -2.46. The van der Waals surface area contributed by atoms with Crippen LogP contribution in [0.4, 0.5) is 0 Å². The van der Waals surface area contributed by atoms with Gasteiger partial charge in [0, 0.05) is 20.1 Å². The summed E-state index contributed by atoms with van der Waals surface area (Å²) in [5.41, 5.74) is 2.20. The van der Waals surface area contributed by atoms with E-state index in [9.17, 15) is 0 Å². The van der Waals surface area contributed by atoms with Crippen molar-refractivity contribution in [2.24, 2.45) is 10.9 Å². The van der Waals surface area contributed by atoms with E-state index in [0.717, 1.165) is 42.0 Å². The number of halogens is 1. The molecule has 24 heavy (non-hydrogen) atoms. The van der Waals surface area contributed by atoms with Crippen LogP contribution in [0.3, 0.4) is 0 Å². The van der Waals surface area contributed by atoms with Crippen molar-refractivity contribution in [2.75, 3.05) is 20.1 Å². The Morgan fingerprint density at radius 1 is 1.38 bits per heavy atom. The van der Waals surface area contributed by atoms with Crippen LogP contribution in [0.5, 0.6) is 0 Å². The zero-order valence-electron chi connectivity index (χ0n) is 14.3. The van der Waals surface area contributed by atoms with Crippen LogP contribution < -0.4 is 5.32 Å². The van der Waals surface area contributed by atoms with Crippen LogP contribution in [0.1, 0.15) is 25.6 Å². The summed E-state index contributed by atoms with van der Waals surface area (Å²) in [7, 11) is 1.85. The summed E-state index contributed by atoms with van der Waals surface area (Å²) >= 11 is 0. The smallest absolute Gasteiger partial charge is 0.194 e. The van der Waals surface area contributed by atoms with Crippen molar-refractivity contribution in [1.29, 1.82) is 0 Å². The molecule has 0 amide bonds. The summed E-state index contributed by atoms with van der Waals surface area (Å²) in [6.07, 6.45) is 4.44. The van der Waals surface area contributed by atoms with Crippen LogP contribution in [0.25, 0.3) is 11.3 Å². The quantitative estimate of drug-likeness (QED) is 0.437. The van der Waals surface area contributed by atoms with Crippen LogP contribution in [0.15, 0.2) is 41.5 Å². The number of likely N-dealkylation sites (tertiary alicyclic amines) is 1. The van der Waals surface area contributed by atoms with E-state index < -0.39 is 0 Å². The molecule has 1 aromatic heterocycles. The number of hydrogen-bond donors (Lipinski definition) is 2. The molecule has 1 atom stereocenters. The lowest BCUT2D eigenvalue weighted by atomic mass is 10.0. The van der Waals surface area contributed by atoms with Gasteiger partial charge in [0.25, 0.3) is 0 Å². The SMILES string of the molecule is CN=C(NCc1ncc(-c2ccccc2)[nH]1)N1CCCC(C)C1.I. The molecule has 0 radical (unpaired) electrons. The predicted octanol–water partition coefficient (Wildman–Crippen LogP) is 3.50. The molecule has 0 bridgehead atoms. The minimum atomic E-state index is 0. The molecular formula is C18H26IN5. The molecule has 1 fully saturated rings. The van der Waals surface area contributed by atoms with Gasteiger partial charge in [0.1, 0.15) is 5.82 Å². The fourth-order valence-electron chi connectivity index (χ4n) is 3.09. The maximum atomic E-state index is 4.47. The largest absolute Gasteiger partial charge is 0.349 e. The number of imidazole rings is 1. The number of piperidine rings is 1.